The van der Waals surface area contributed by atoms with Crippen molar-refractivity contribution in [2.45, 2.75) is 6.04 Å². The van der Waals surface area contributed by atoms with Gasteiger partial charge in [0.1, 0.15) is 12.4 Å². The van der Waals surface area contributed by atoms with Gasteiger partial charge in [-0.25, -0.2) is 0 Å². The van der Waals surface area contributed by atoms with Gasteiger partial charge < -0.3 is 20.5 Å². The van der Waals surface area contributed by atoms with Crippen molar-refractivity contribution in [3.63, 3.8) is 0 Å². The number of hydrogen-bond donors (Lipinski definition) is 2. The van der Waals surface area contributed by atoms with E-state index in [9.17, 15) is 4.79 Å². The highest BCUT2D eigenvalue weighted by Crippen LogP contribution is 2.14. The Morgan fingerprint density at radius 2 is 1.88 bits per heavy atom. The molecule has 2 aromatic carbocycles. The predicted octanol–water partition coefficient (Wildman–Crippen LogP) is 2.56. The molecule has 0 saturated carbocycles. The van der Waals surface area contributed by atoms with Crippen molar-refractivity contribution in [1.29, 1.82) is 0 Å². The van der Waals surface area contributed by atoms with Crippen LogP contribution in [0.25, 0.3) is 0 Å². The first-order valence-electron chi connectivity index (χ1n) is 7.51. The zero-order valence-electron chi connectivity index (χ0n) is 13.6. The van der Waals surface area contributed by atoms with Gasteiger partial charge in [-0.05, 0) is 23.8 Å². The number of ether oxygens (including phenoxy) is 2. The molecule has 24 heavy (non-hydrogen) atoms. The fourth-order valence-corrected chi connectivity index (χ4v) is 2.09. The summed E-state index contributed by atoms with van der Waals surface area (Å²) < 4.78 is 10.4. The maximum Gasteiger partial charge on any atom is 0.251 e. The van der Waals surface area contributed by atoms with Crippen LogP contribution in [0.5, 0.6) is 5.75 Å². The number of halogens is 1. The zero-order chi connectivity index (χ0) is 16.5. The molecule has 0 aliphatic rings. The van der Waals surface area contributed by atoms with E-state index in [1.807, 2.05) is 36.4 Å². The average Bonchev–Trinajstić information content (AvgIpc) is 2.60. The monoisotopic (exact) mass is 350 g/mol. The number of carbonyl (C=O) groups excluding carboxylic acids is 1. The van der Waals surface area contributed by atoms with Gasteiger partial charge in [-0.15, -0.1) is 12.4 Å². The van der Waals surface area contributed by atoms with E-state index in [-0.39, 0.29) is 24.4 Å². The summed E-state index contributed by atoms with van der Waals surface area (Å²) >= 11 is 0. The quantitative estimate of drug-likeness (QED) is 0.718. The SMILES string of the molecule is COCCOc1cccc(C(=O)NCC(N)c2ccccc2)c1.Cl. The minimum Gasteiger partial charge on any atom is -0.491 e. The molecule has 1 unspecified atom stereocenters. The summed E-state index contributed by atoms with van der Waals surface area (Å²) in [5, 5.41) is 2.85. The smallest absolute Gasteiger partial charge is 0.251 e. The molecule has 0 aromatic heterocycles. The van der Waals surface area contributed by atoms with Gasteiger partial charge in [-0.2, -0.15) is 0 Å². The van der Waals surface area contributed by atoms with Gasteiger partial charge in [0.25, 0.3) is 5.91 Å². The molecule has 0 radical (unpaired) electrons. The Balaban J connectivity index is 0.00000288. The van der Waals surface area contributed by atoms with Crippen molar-refractivity contribution in [2.75, 3.05) is 26.9 Å². The Morgan fingerprint density at radius 3 is 2.58 bits per heavy atom. The third kappa shape index (κ3) is 6.20. The molecule has 1 atom stereocenters. The number of nitrogens with two attached hydrogens (primary N) is 1. The van der Waals surface area contributed by atoms with E-state index in [1.165, 1.54) is 0 Å². The van der Waals surface area contributed by atoms with Crippen molar-refractivity contribution in [2.24, 2.45) is 5.73 Å². The second-order valence-electron chi connectivity index (χ2n) is 5.10. The van der Waals surface area contributed by atoms with Crippen molar-refractivity contribution >= 4 is 18.3 Å². The third-order valence-corrected chi connectivity index (χ3v) is 3.36. The highest BCUT2D eigenvalue weighted by atomic mass is 35.5. The van der Waals surface area contributed by atoms with Crippen LogP contribution in [0.15, 0.2) is 54.6 Å². The molecule has 130 valence electrons. The maximum atomic E-state index is 12.2. The van der Waals surface area contributed by atoms with Crippen molar-refractivity contribution in [1.82, 2.24) is 5.32 Å². The lowest BCUT2D eigenvalue weighted by Crippen LogP contribution is -2.31. The van der Waals surface area contributed by atoms with Crippen LogP contribution in [-0.4, -0.2) is 32.8 Å². The number of carbonyl (C=O) groups is 1. The van der Waals surface area contributed by atoms with Gasteiger partial charge in [-0.3, -0.25) is 4.79 Å². The molecule has 0 aliphatic carbocycles. The van der Waals surface area contributed by atoms with Crippen LogP contribution < -0.4 is 15.8 Å². The van der Waals surface area contributed by atoms with Crippen LogP contribution in [-0.2, 0) is 4.74 Å². The summed E-state index contributed by atoms with van der Waals surface area (Å²) in [5.74, 6) is 0.468. The Hall–Kier alpha value is -2.08. The van der Waals surface area contributed by atoms with Crippen molar-refractivity contribution in [3.05, 3.63) is 65.7 Å². The van der Waals surface area contributed by atoms with Crippen LogP contribution in [0.3, 0.4) is 0 Å². The molecule has 0 heterocycles. The van der Waals surface area contributed by atoms with Crippen molar-refractivity contribution in [3.8, 4) is 5.75 Å². The summed E-state index contributed by atoms with van der Waals surface area (Å²) in [6, 6.07) is 16.5. The molecule has 0 fully saturated rings. The Morgan fingerprint density at radius 1 is 1.12 bits per heavy atom. The lowest BCUT2D eigenvalue weighted by molar-refractivity contribution is 0.0950. The van der Waals surface area contributed by atoms with Crippen LogP contribution in [0.2, 0.25) is 0 Å². The summed E-state index contributed by atoms with van der Waals surface area (Å²) in [6.07, 6.45) is 0. The van der Waals surface area contributed by atoms with Crippen LogP contribution >= 0.6 is 12.4 Å². The molecule has 3 N–H and O–H groups in total. The predicted molar refractivity (Wildman–Crippen MR) is 96.8 cm³/mol. The van der Waals surface area contributed by atoms with Gasteiger partial charge in [0, 0.05) is 25.3 Å². The van der Waals surface area contributed by atoms with E-state index in [1.54, 1.807) is 25.3 Å². The molecule has 0 aliphatic heterocycles. The molecular weight excluding hydrogens is 328 g/mol. The van der Waals surface area contributed by atoms with Gasteiger partial charge in [0.05, 0.1) is 6.61 Å². The molecule has 5 nitrogen and oxygen atoms in total. The van der Waals surface area contributed by atoms with Gasteiger partial charge in [0.2, 0.25) is 0 Å². The van der Waals surface area contributed by atoms with E-state index in [0.29, 0.717) is 31.1 Å². The number of rotatable bonds is 8. The second-order valence-corrected chi connectivity index (χ2v) is 5.10. The van der Waals surface area contributed by atoms with Gasteiger partial charge in [0.15, 0.2) is 0 Å². The van der Waals surface area contributed by atoms with Crippen LogP contribution in [0.1, 0.15) is 22.0 Å². The van der Waals surface area contributed by atoms with E-state index in [4.69, 9.17) is 15.2 Å². The standard InChI is InChI=1S/C18H22N2O3.ClH/c1-22-10-11-23-16-9-5-8-15(12-16)18(21)20-13-17(19)14-6-3-2-4-7-14;/h2-9,12,17H,10-11,13,19H2,1H3,(H,20,21);1H. The van der Waals surface area contributed by atoms with E-state index in [0.717, 1.165) is 5.56 Å². The molecule has 0 bridgehead atoms. The molecular formula is C18H23ClN2O3. The highest BCUT2D eigenvalue weighted by molar-refractivity contribution is 5.94. The fourth-order valence-electron chi connectivity index (χ4n) is 2.09. The van der Waals surface area contributed by atoms with Gasteiger partial charge >= 0.3 is 0 Å². The van der Waals surface area contributed by atoms with E-state index in [2.05, 4.69) is 5.32 Å². The minimum atomic E-state index is -0.235. The first kappa shape index (κ1) is 20.0. The van der Waals surface area contributed by atoms with Crippen LogP contribution in [0.4, 0.5) is 0 Å². The zero-order valence-corrected chi connectivity index (χ0v) is 14.4. The first-order chi connectivity index (χ1) is 11.2. The fraction of sp³-hybridized carbons (Fsp3) is 0.278. The lowest BCUT2D eigenvalue weighted by Gasteiger charge is -2.13. The normalized spacial score (nSPS) is 11.2. The largest absolute Gasteiger partial charge is 0.491 e. The summed E-state index contributed by atoms with van der Waals surface area (Å²) in [4.78, 5) is 12.2. The molecule has 2 aromatic rings. The summed E-state index contributed by atoms with van der Waals surface area (Å²) in [7, 11) is 1.61. The minimum absolute atomic E-state index is 0. The lowest BCUT2D eigenvalue weighted by atomic mass is 10.1. The number of methoxy groups -OCH3 is 1. The molecule has 6 heteroatoms. The van der Waals surface area contributed by atoms with Gasteiger partial charge in [-0.1, -0.05) is 36.4 Å². The second kappa shape index (κ2) is 10.6. The van der Waals surface area contributed by atoms with Crippen LogP contribution in [0, 0.1) is 0 Å². The summed E-state index contributed by atoms with van der Waals surface area (Å²) in [5.41, 5.74) is 7.61. The molecule has 0 spiro atoms. The number of hydrogen-bond acceptors (Lipinski definition) is 4. The van der Waals surface area contributed by atoms with E-state index < -0.39 is 0 Å². The first-order valence-corrected chi connectivity index (χ1v) is 7.51. The molecule has 0 saturated heterocycles. The van der Waals surface area contributed by atoms with E-state index >= 15 is 0 Å². The summed E-state index contributed by atoms with van der Waals surface area (Å²) in [6.45, 7) is 1.32. The average molecular weight is 351 g/mol. The van der Waals surface area contributed by atoms with Crippen molar-refractivity contribution < 1.29 is 14.3 Å². The Kier molecular flexibility index (Phi) is 8.86. The third-order valence-electron chi connectivity index (χ3n) is 3.36. The number of benzene rings is 2. The Labute approximate surface area is 148 Å². The highest BCUT2D eigenvalue weighted by Gasteiger charge is 2.10. The molecule has 2 rings (SSSR count). The topological polar surface area (TPSA) is 73.6 Å². The maximum absolute atomic E-state index is 12.2. The number of amides is 1. The Bertz CT molecular complexity index is 623. The number of nitrogens with one attached hydrogen (secondary N) is 1. The molecule has 1 amide bonds.